The lowest BCUT2D eigenvalue weighted by molar-refractivity contribution is 0.935. The molecule has 0 saturated carbocycles. The first-order valence-corrected chi connectivity index (χ1v) is 9.29. The lowest BCUT2D eigenvalue weighted by atomic mass is 10.2. The molecule has 4 aromatic heterocycles. The van der Waals surface area contributed by atoms with Crippen molar-refractivity contribution in [3.8, 4) is 0 Å². The number of fused-ring (bicyclic) bond motifs is 1. The smallest absolute Gasteiger partial charge is 0.226 e. The molecule has 0 bridgehead atoms. The van der Waals surface area contributed by atoms with E-state index < -0.39 is 0 Å². The van der Waals surface area contributed by atoms with Gasteiger partial charge in [-0.25, -0.2) is 4.98 Å². The summed E-state index contributed by atoms with van der Waals surface area (Å²) in [5.74, 6) is 1.33. The fraction of sp³-hybridized carbons (Fsp3) is 0.190. The predicted octanol–water partition coefficient (Wildman–Crippen LogP) is 3.12. The van der Waals surface area contributed by atoms with Gasteiger partial charge >= 0.3 is 0 Å². The highest BCUT2D eigenvalue weighted by Crippen LogP contribution is 2.20. The van der Waals surface area contributed by atoms with E-state index in [0.717, 1.165) is 42.0 Å². The third-order valence-electron chi connectivity index (χ3n) is 4.26. The average Bonchev–Trinajstić information content (AvgIpc) is 2.75. The molecule has 0 spiro atoms. The van der Waals surface area contributed by atoms with Crippen LogP contribution < -0.4 is 10.6 Å². The summed E-state index contributed by atoms with van der Waals surface area (Å²) in [7, 11) is 0. The molecule has 0 atom stereocenters. The molecule has 0 saturated heterocycles. The second kappa shape index (κ2) is 8.85. The van der Waals surface area contributed by atoms with E-state index in [1.165, 1.54) is 0 Å². The molecular formula is C21H21N7. The highest BCUT2D eigenvalue weighted by molar-refractivity contribution is 5.87. The number of nitrogens with one attached hydrogen (secondary N) is 2. The molecule has 140 valence electrons. The minimum atomic E-state index is 0.558. The molecule has 0 fully saturated rings. The Labute approximate surface area is 163 Å². The van der Waals surface area contributed by atoms with Crippen LogP contribution in [0.15, 0.2) is 67.1 Å². The Morgan fingerprint density at radius 2 is 1.32 bits per heavy atom. The van der Waals surface area contributed by atoms with Crippen LogP contribution in [0.3, 0.4) is 0 Å². The van der Waals surface area contributed by atoms with E-state index in [4.69, 9.17) is 0 Å². The van der Waals surface area contributed by atoms with Gasteiger partial charge < -0.3 is 10.6 Å². The molecule has 7 nitrogen and oxygen atoms in total. The van der Waals surface area contributed by atoms with Gasteiger partial charge in [-0.05, 0) is 36.4 Å². The van der Waals surface area contributed by atoms with Crippen LogP contribution in [0.2, 0.25) is 0 Å². The second-order valence-corrected chi connectivity index (χ2v) is 6.27. The molecule has 7 heteroatoms. The lowest BCUT2D eigenvalue weighted by Crippen LogP contribution is -2.12. The Bertz CT molecular complexity index is 1020. The molecule has 4 heterocycles. The van der Waals surface area contributed by atoms with Crippen LogP contribution in [0, 0.1) is 0 Å². The zero-order chi connectivity index (χ0) is 19.0. The third kappa shape index (κ3) is 4.56. The molecule has 0 aliphatic heterocycles. The van der Waals surface area contributed by atoms with E-state index in [1.54, 1.807) is 12.4 Å². The molecule has 0 aromatic carbocycles. The van der Waals surface area contributed by atoms with Crippen molar-refractivity contribution in [2.75, 3.05) is 23.7 Å². The summed E-state index contributed by atoms with van der Waals surface area (Å²) in [5, 5.41) is 7.58. The van der Waals surface area contributed by atoms with E-state index in [0.29, 0.717) is 18.1 Å². The minimum Gasteiger partial charge on any atom is -0.369 e. The van der Waals surface area contributed by atoms with Gasteiger partial charge in [0.1, 0.15) is 5.82 Å². The van der Waals surface area contributed by atoms with Gasteiger partial charge in [0.2, 0.25) is 5.95 Å². The second-order valence-electron chi connectivity index (χ2n) is 6.27. The van der Waals surface area contributed by atoms with E-state index >= 15 is 0 Å². The van der Waals surface area contributed by atoms with Crippen molar-refractivity contribution in [1.29, 1.82) is 0 Å². The predicted molar refractivity (Wildman–Crippen MR) is 110 cm³/mol. The fourth-order valence-corrected chi connectivity index (χ4v) is 2.88. The average molecular weight is 371 g/mol. The van der Waals surface area contributed by atoms with Crippen LogP contribution in [0.5, 0.6) is 0 Å². The van der Waals surface area contributed by atoms with E-state index in [9.17, 15) is 0 Å². The minimum absolute atomic E-state index is 0.558. The van der Waals surface area contributed by atoms with E-state index in [2.05, 4.69) is 35.6 Å². The first kappa shape index (κ1) is 17.8. The van der Waals surface area contributed by atoms with Crippen LogP contribution in [-0.4, -0.2) is 38.0 Å². The molecule has 0 amide bonds. The fourth-order valence-electron chi connectivity index (χ4n) is 2.88. The van der Waals surface area contributed by atoms with E-state index in [-0.39, 0.29) is 0 Å². The summed E-state index contributed by atoms with van der Waals surface area (Å²) >= 11 is 0. The highest BCUT2D eigenvalue weighted by Gasteiger charge is 2.08. The first-order chi connectivity index (χ1) is 13.9. The van der Waals surface area contributed by atoms with Gasteiger partial charge in [0, 0.05) is 55.9 Å². The van der Waals surface area contributed by atoms with E-state index in [1.807, 2.05) is 54.7 Å². The topological polar surface area (TPSA) is 88.5 Å². The molecule has 4 rings (SSSR count). The standard InChI is InChI=1S/C21H21N7/c1-3-11-22-16(6-1)9-14-25-20-18-8-5-13-24-19(18)27-21(28-20)26-15-10-17-7-2-4-12-23-17/h1-8,11-13H,9-10,14-15H2,(H2,24,25,26,27,28). The summed E-state index contributed by atoms with van der Waals surface area (Å²) in [6, 6.07) is 15.7. The molecule has 28 heavy (non-hydrogen) atoms. The maximum Gasteiger partial charge on any atom is 0.226 e. The maximum absolute atomic E-state index is 4.65. The van der Waals surface area contributed by atoms with Gasteiger partial charge in [-0.2, -0.15) is 9.97 Å². The zero-order valence-corrected chi connectivity index (χ0v) is 15.4. The SMILES string of the molecule is c1ccc(CCNc2nc(NCCc3ccccn3)c3cccnc3n2)nc1. The van der Waals surface area contributed by atoms with Crippen LogP contribution in [0.1, 0.15) is 11.4 Å². The van der Waals surface area contributed by atoms with Crippen LogP contribution in [-0.2, 0) is 12.8 Å². The normalized spacial score (nSPS) is 10.7. The lowest BCUT2D eigenvalue weighted by Gasteiger charge is -2.11. The number of anilines is 2. The summed E-state index contributed by atoms with van der Waals surface area (Å²) in [6.45, 7) is 1.42. The Morgan fingerprint density at radius 1 is 0.643 bits per heavy atom. The van der Waals surface area contributed by atoms with Gasteiger partial charge in [0.25, 0.3) is 0 Å². The molecule has 4 aromatic rings. The Kier molecular flexibility index (Phi) is 5.62. The zero-order valence-electron chi connectivity index (χ0n) is 15.4. The Morgan fingerprint density at radius 3 is 2.00 bits per heavy atom. The van der Waals surface area contributed by atoms with Gasteiger partial charge in [-0.3, -0.25) is 9.97 Å². The number of hydrogen-bond acceptors (Lipinski definition) is 7. The number of nitrogens with zero attached hydrogens (tertiary/aromatic N) is 5. The molecular weight excluding hydrogens is 350 g/mol. The summed E-state index contributed by atoms with van der Waals surface area (Å²) in [6.07, 6.45) is 6.96. The summed E-state index contributed by atoms with van der Waals surface area (Å²) in [5.41, 5.74) is 2.74. The molecule has 2 N–H and O–H groups in total. The maximum atomic E-state index is 4.65. The molecule has 0 unspecified atom stereocenters. The van der Waals surface area contributed by atoms with Crippen LogP contribution in [0.25, 0.3) is 11.0 Å². The van der Waals surface area contributed by atoms with Gasteiger partial charge in [-0.15, -0.1) is 0 Å². The quantitative estimate of drug-likeness (QED) is 0.492. The van der Waals surface area contributed by atoms with Crippen molar-refractivity contribution in [1.82, 2.24) is 24.9 Å². The van der Waals surface area contributed by atoms with Crippen molar-refractivity contribution in [3.63, 3.8) is 0 Å². The Balaban J connectivity index is 1.45. The van der Waals surface area contributed by atoms with Crippen LogP contribution in [0.4, 0.5) is 11.8 Å². The van der Waals surface area contributed by atoms with Crippen LogP contribution >= 0.6 is 0 Å². The monoisotopic (exact) mass is 371 g/mol. The molecule has 0 aliphatic rings. The van der Waals surface area contributed by atoms with Crippen molar-refractivity contribution in [2.45, 2.75) is 12.8 Å². The van der Waals surface area contributed by atoms with Gasteiger partial charge in [0.05, 0.1) is 5.39 Å². The summed E-state index contributed by atoms with van der Waals surface area (Å²) in [4.78, 5) is 22.2. The van der Waals surface area contributed by atoms with Crippen molar-refractivity contribution in [2.24, 2.45) is 0 Å². The number of pyridine rings is 3. The largest absolute Gasteiger partial charge is 0.369 e. The number of hydrogen-bond donors (Lipinski definition) is 2. The van der Waals surface area contributed by atoms with Gasteiger partial charge in [-0.1, -0.05) is 12.1 Å². The van der Waals surface area contributed by atoms with Crippen molar-refractivity contribution in [3.05, 3.63) is 78.5 Å². The Hall–Kier alpha value is -3.61. The highest BCUT2D eigenvalue weighted by atomic mass is 15.2. The van der Waals surface area contributed by atoms with Crippen molar-refractivity contribution < 1.29 is 0 Å². The summed E-state index contributed by atoms with van der Waals surface area (Å²) < 4.78 is 0. The molecule has 0 radical (unpaired) electrons. The van der Waals surface area contributed by atoms with Gasteiger partial charge in [0.15, 0.2) is 5.65 Å². The first-order valence-electron chi connectivity index (χ1n) is 9.29. The molecule has 0 aliphatic carbocycles. The number of rotatable bonds is 8. The van der Waals surface area contributed by atoms with Crippen molar-refractivity contribution >= 4 is 22.8 Å². The number of aromatic nitrogens is 5. The third-order valence-corrected chi connectivity index (χ3v) is 4.26.